The summed E-state index contributed by atoms with van der Waals surface area (Å²) in [7, 11) is 0. The van der Waals surface area contributed by atoms with E-state index in [0.29, 0.717) is 18.2 Å². The number of hydrogen-bond acceptors (Lipinski definition) is 8. The molecule has 35 heavy (non-hydrogen) atoms. The van der Waals surface area contributed by atoms with Crippen molar-refractivity contribution in [3.63, 3.8) is 0 Å². The van der Waals surface area contributed by atoms with Crippen LogP contribution in [0.25, 0.3) is 0 Å². The molecule has 11 nitrogen and oxygen atoms in total. The molecule has 2 aromatic rings. The van der Waals surface area contributed by atoms with Crippen LogP contribution in [0.15, 0.2) is 41.4 Å². The van der Waals surface area contributed by atoms with E-state index in [1.54, 1.807) is 24.3 Å². The van der Waals surface area contributed by atoms with E-state index in [4.69, 9.17) is 23.2 Å². The Kier molecular flexibility index (Phi) is 8.74. The Balaban J connectivity index is 1.62. The first-order valence-electron chi connectivity index (χ1n) is 10.4. The zero-order valence-corrected chi connectivity index (χ0v) is 19.7. The second-order valence-electron chi connectivity index (χ2n) is 7.66. The number of halogens is 2. The Morgan fingerprint density at radius 3 is 2.66 bits per heavy atom. The smallest absolute Gasteiger partial charge is 0.305 e. The Bertz CT molecular complexity index is 1160. The van der Waals surface area contributed by atoms with E-state index in [1.807, 2.05) is 0 Å². The molecule has 0 bridgehead atoms. The number of carboxylic acid groups (broad SMARTS) is 1. The maximum Gasteiger partial charge on any atom is 0.305 e. The van der Waals surface area contributed by atoms with E-state index in [2.05, 4.69) is 26.3 Å². The van der Waals surface area contributed by atoms with Crippen molar-refractivity contribution in [3.8, 4) is 5.75 Å². The molecule has 0 saturated carbocycles. The Morgan fingerprint density at radius 1 is 1.20 bits per heavy atom. The van der Waals surface area contributed by atoms with Crippen molar-refractivity contribution in [2.24, 2.45) is 4.99 Å². The van der Waals surface area contributed by atoms with Gasteiger partial charge in [0.1, 0.15) is 5.75 Å². The van der Waals surface area contributed by atoms with Crippen LogP contribution >= 0.6 is 23.2 Å². The van der Waals surface area contributed by atoms with E-state index in [9.17, 15) is 29.7 Å². The van der Waals surface area contributed by atoms with E-state index in [0.717, 1.165) is 0 Å². The number of aliphatic hydroxyl groups is 1. The minimum Gasteiger partial charge on any atom is -0.506 e. The number of phenols is 1. The van der Waals surface area contributed by atoms with Gasteiger partial charge < -0.3 is 36.6 Å². The molecule has 0 radical (unpaired) electrons. The van der Waals surface area contributed by atoms with E-state index >= 15 is 0 Å². The van der Waals surface area contributed by atoms with Crippen molar-refractivity contribution >= 4 is 52.6 Å². The lowest BCUT2D eigenvalue weighted by molar-refractivity contribution is -0.137. The normalized spacial score (nSPS) is 15.9. The van der Waals surface area contributed by atoms with Gasteiger partial charge in [-0.15, -0.1) is 0 Å². The fourth-order valence-corrected chi connectivity index (χ4v) is 3.77. The fraction of sp³-hybridized carbons (Fsp3) is 0.273. The van der Waals surface area contributed by atoms with Gasteiger partial charge in [0.2, 0.25) is 5.91 Å². The molecular formula is C22H23Cl2N5O6. The number of aliphatic carboxylic acids is 1. The van der Waals surface area contributed by atoms with Crippen molar-refractivity contribution in [3.05, 3.63) is 57.6 Å². The number of carbonyl (C=O) groups excluding carboxylic acids is 2. The van der Waals surface area contributed by atoms with Crippen molar-refractivity contribution in [2.75, 3.05) is 25.0 Å². The largest absolute Gasteiger partial charge is 0.506 e. The molecule has 1 heterocycles. The Labute approximate surface area is 210 Å². The summed E-state index contributed by atoms with van der Waals surface area (Å²) >= 11 is 11.9. The minimum absolute atomic E-state index is 0.0371. The zero-order chi connectivity index (χ0) is 25.5. The predicted molar refractivity (Wildman–Crippen MR) is 130 cm³/mol. The summed E-state index contributed by atoms with van der Waals surface area (Å²) in [4.78, 5) is 40.4. The van der Waals surface area contributed by atoms with Crippen LogP contribution in [-0.2, 0) is 9.59 Å². The van der Waals surface area contributed by atoms with Crippen LogP contribution in [0.1, 0.15) is 28.4 Å². The monoisotopic (exact) mass is 523 g/mol. The number of phenolic OH excluding ortho intramolecular Hbond substituents is 1. The number of hydrogen-bond donors (Lipinski definition) is 7. The van der Waals surface area contributed by atoms with Gasteiger partial charge in [-0.05, 0) is 30.3 Å². The molecule has 2 amide bonds. The van der Waals surface area contributed by atoms with Crippen LogP contribution < -0.4 is 21.3 Å². The molecule has 186 valence electrons. The number of carboxylic acids is 1. The molecule has 13 heteroatoms. The number of carbonyl (C=O) groups is 3. The van der Waals surface area contributed by atoms with Gasteiger partial charge in [0.05, 0.1) is 36.7 Å². The molecule has 7 N–H and O–H groups in total. The summed E-state index contributed by atoms with van der Waals surface area (Å²) < 4.78 is 0. The van der Waals surface area contributed by atoms with Crippen molar-refractivity contribution < 1.29 is 29.7 Å². The first kappa shape index (κ1) is 26.1. The molecule has 2 atom stereocenters. The van der Waals surface area contributed by atoms with E-state index in [-0.39, 0.29) is 27.7 Å². The molecule has 3 rings (SSSR count). The average Bonchev–Trinajstić information content (AvgIpc) is 2.81. The average molecular weight is 524 g/mol. The van der Waals surface area contributed by atoms with Crippen LogP contribution in [-0.4, -0.2) is 64.8 Å². The topological polar surface area (TPSA) is 172 Å². The molecule has 1 aliphatic rings. The van der Waals surface area contributed by atoms with Gasteiger partial charge in [0.25, 0.3) is 5.91 Å². The molecule has 2 aromatic carbocycles. The van der Waals surface area contributed by atoms with Gasteiger partial charge in [0.15, 0.2) is 5.96 Å². The number of amides is 2. The Morgan fingerprint density at radius 2 is 1.97 bits per heavy atom. The molecular weight excluding hydrogens is 501 g/mol. The van der Waals surface area contributed by atoms with E-state index in [1.165, 1.54) is 12.1 Å². The summed E-state index contributed by atoms with van der Waals surface area (Å²) in [6.45, 7) is 0.156. The lowest BCUT2D eigenvalue weighted by Gasteiger charge is -2.20. The predicted octanol–water partition coefficient (Wildman–Crippen LogP) is 1.49. The molecule has 0 aromatic heterocycles. The molecule has 0 aliphatic carbocycles. The molecule has 1 unspecified atom stereocenters. The number of aliphatic hydroxyl groups excluding tert-OH is 1. The third kappa shape index (κ3) is 7.47. The highest BCUT2D eigenvalue weighted by molar-refractivity contribution is 6.35. The number of guanidine groups is 1. The second kappa shape index (κ2) is 11.7. The summed E-state index contributed by atoms with van der Waals surface area (Å²) in [5, 5.41) is 39.8. The van der Waals surface area contributed by atoms with Crippen LogP contribution in [0.4, 0.5) is 5.69 Å². The van der Waals surface area contributed by atoms with E-state index < -0.39 is 48.6 Å². The van der Waals surface area contributed by atoms with Crippen molar-refractivity contribution in [1.82, 2.24) is 16.0 Å². The second-order valence-corrected chi connectivity index (χ2v) is 8.50. The third-order valence-corrected chi connectivity index (χ3v) is 5.42. The highest BCUT2D eigenvalue weighted by Crippen LogP contribution is 2.36. The quantitative estimate of drug-likeness (QED) is 0.272. The zero-order valence-electron chi connectivity index (χ0n) is 18.2. The van der Waals surface area contributed by atoms with Gasteiger partial charge in [-0.25, -0.2) is 0 Å². The first-order chi connectivity index (χ1) is 16.6. The maximum absolute atomic E-state index is 12.5. The van der Waals surface area contributed by atoms with Crippen LogP contribution in [0.3, 0.4) is 0 Å². The Hall–Kier alpha value is -3.54. The number of nitrogens with one attached hydrogen (secondary N) is 4. The van der Waals surface area contributed by atoms with Gasteiger partial charge in [-0.3, -0.25) is 19.4 Å². The number of rotatable bonds is 8. The lowest BCUT2D eigenvalue weighted by Crippen LogP contribution is -2.42. The van der Waals surface area contributed by atoms with Crippen LogP contribution in [0, 0.1) is 0 Å². The molecule has 0 fully saturated rings. The van der Waals surface area contributed by atoms with Crippen molar-refractivity contribution in [1.29, 1.82) is 0 Å². The third-order valence-electron chi connectivity index (χ3n) is 4.91. The summed E-state index contributed by atoms with van der Waals surface area (Å²) in [6.07, 6.45) is -1.11. The number of β-amino-alcohol motifs (C(OH)–C–C–N with tert-alkyl or cyclic N) is 1. The molecule has 1 aliphatic heterocycles. The van der Waals surface area contributed by atoms with Gasteiger partial charge in [-0.2, -0.15) is 0 Å². The molecule has 0 spiro atoms. The van der Waals surface area contributed by atoms with Gasteiger partial charge in [0, 0.05) is 28.4 Å². The number of nitrogens with zero attached hydrogens (tertiary/aromatic N) is 1. The lowest BCUT2D eigenvalue weighted by atomic mass is 10.0. The van der Waals surface area contributed by atoms with Crippen LogP contribution in [0.5, 0.6) is 5.75 Å². The number of benzene rings is 2. The SMILES string of the molecule is O=C(O)C[C@H](NC(=O)CNC(=O)c1cccc(NC2=NCC(O)CN2)c1)c1cc(Cl)cc(Cl)c1O. The summed E-state index contributed by atoms with van der Waals surface area (Å²) in [5.41, 5.74) is 0.871. The first-order valence-corrected chi connectivity index (χ1v) is 11.2. The number of aromatic hydroxyl groups is 1. The summed E-state index contributed by atoms with van der Waals surface area (Å²) in [5.74, 6) is -2.40. The maximum atomic E-state index is 12.5. The van der Waals surface area contributed by atoms with Gasteiger partial charge in [-0.1, -0.05) is 29.3 Å². The highest BCUT2D eigenvalue weighted by Gasteiger charge is 2.23. The fourth-order valence-electron chi connectivity index (χ4n) is 3.26. The standard InChI is InChI=1S/C22H23Cl2N5O6/c23-12-5-15(20(34)16(24)6-12)17(7-19(32)33)29-18(31)10-25-21(35)11-2-1-3-13(4-11)28-22-26-8-14(30)9-27-22/h1-6,14,17,30,34H,7-10H2,(H,25,35)(H,29,31)(H,32,33)(H2,26,27,28)/t17-/m0/s1. The number of aliphatic imine (C=N–C) groups is 1. The van der Waals surface area contributed by atoms with Gasteiger partial charge >= 0.3 is 5.97 Å². The summed E-state index contributed by atoms with van der Waals surface area (Å²) in [6, 6.07) is 7.93. The minimum atomic E-state index is -1.23. The molecule has 0 saturated heterocycles. The number of anilines is 1. The highest BCUT2D eigenvalue weighted by atomic mass is 35.5. The van der Waals surface area contributed by atoms with Crippen LogP contribution in [0.2, 0.25) is 10.0 Å². The van der Waals surface area contributed by atoms with Crippen molar-refractivity contribution in [2.45, 2.75) is 18.6 Å².